The van der Waals surface area contributed by atoms with Crippen LogP contribution < -0.4 is 5.32 Å². The van der Waals surface area contributed by atoms with Crippen molar-refractivity contribution in [3.05, 3.63) is 0 Å². The van der Waals surface area contributed by atoms with Gasteiger partial charge in [-0.25, -0.2) is 0 Å². The summed E-state index contributed by atoms with van der Waals surface area (Å²) in [5, 5.41) is 20.5. The summed E-state index contributed by atoms with van der Waals surface area (Å²) in [6.07, 6.45) is 0.371. The van der Waals surface area contributed by atoms with E-state index < -0.39 is 6.10 Å². The van der Waals surface area contributed by atoms with Gasteiger partial charge in [-0.15, -0.1) is 0 Å². The van der Waals surface area contributed by atoms with Crippen LogP contribution in [0.3, 0.4) is 0 Å². The van der Waals surface area contributed by atoms with Crippen molar-refractivity contribution in [2.75, 3.05) is 32.9 Å². The van der Waals surface area contributed by atoms with Crippen LogP contribution >= 0.6 is 0 Å². The van der Waals surface area contributed by atoms with Crippen LogP contribution in [0, 0.1) is 0 Å². The van der Waals surface area contributed by atoms with E-state index in [4.69, 9.17) is 14.9 Å². The Hall–Kier alpha value is -0.160. The first kappa shape index (κ1) is 11.8. The second-order valence-corrected chi connectivity index (χ2v) is 2.66. The highest BCUT2D eigenvalue weighted by molar-refractivity contribution is 4.49. The molecular formula is C8H19NO3. The Morgan fingerprint density at radius 2 is 2.17 bits per heavy atom. The van der Waals surface area contributed by atoms with Crippen molar-refractivity contribution in [1.82, 2.24) is 5.32 Å². The summed E-state index contributed by atoms with van der Waals surface area (Å²) in [6.45, 7) is 4.45. The first-order valence-corrected chi connectivity index (χ1v) is 4.38. The SMILES string of the molecule is CCCNCCOCC(O)CO. The molecule has 0 aliphatic carbocycles. The Labute approximate surface area is 73.5 Å². The molecule has 0 aliphatic heterocycles. The van der Waals surface area contributed by atoms with E-state index in [9.17, 15) is 0 Å². The number of aliphatic hydroxyl groups excluding tert-OH is 2. The maximum Gasteiger partial charge on any atom is 0.100 e. The number of rotatable bonds is 8. The molecule has 4 nitrogen and oxygen atoms in total. The molecule has 0 aliphatic rings. The fourth-order valence-electron chi connectivity index (χ4n) is 0.718. The summed E-state index contributed by atoms with van der Waals surface area (Å²) in [6, 6.07) is 0. The van der Waals surface area contributed by atoms with Gasteiger partial charge in [-0.2, -0.15) is 0 Å². The fraction of sp³-hybridized carbons (Fsp3) is 1.00. The largest absolute Gasteiger partial charge is 0.394 e. The maximum absolute atomic E-state index is 8.87. The van der Waals surface area contributed by atoms with E-state index in [1.54, 1.807) is 0 Å². The first-order valence-electron chi connectivity index (χ1n) is 4.38. The minimum atomic E-state index is -0.740. The molecule has 1 unspecified atom stereocenters. The van der Waals surface area contributed by atoms with Crippen molar-refractivity contribution < 1.29 is 14.9 Å². The van der Waals surface area contributed by atoms with E-state index in [1.165, 1.54) is 0 Å². The lowest BCUT2D eigenvalue weighted by atomic mass is 10.4. The second-order valence-electron chi connectivity index (χ2n) is 2.66. The van der Waals surface area contributed by atoms with Crippen LogP contribution in [0.2, 0.25) is 0 Å². The second kappa shape index (κ2) is 8.93. The molecule has 0 aromatic rings. The average Bonchev–Trinajstić information content (AvgIpc) is 2.10. The van der Waals surface area contributed by atoms with E-state index in [0.29, 0.717) is 6.61 Å². The van der Waals surface area contributed by atoms with Gasteiger partial charge in [0.1, 0.15) is 6.10 Å². The van der Waals surface area contributed by atoms with E-state index >= 15 is 0 Å². The Morgan fingerprint density at radius 3 is 2.75 bits per heavy atom. The third-order valence-electron chi connectivity index (χ3n) is 1.37. The van der Waals surface area contributed by atoms with Crippen molar-refractivity contribution in [2.45, 2.75) is 19.4 Å². The molecular weight excluding hydrogens is 158 g/mol. The van der Waals surface area contributed by atoms with Crippen LogP contribution in [-0.4, -0.2) is 49.2 Å². The zero-order valence-electron chi connectivity index (χ0n) is 7.62. The zero-order chi connectivity index (χ0) is 9.23. The minimum absolute atomic E-state index is 0.213. The monoisotopic (exact) mass is 177 g/mol. The summed E-state index contributed by atoms with van der Waals surface area (Å²) < 4.78 is 5.06. The molecule has 0 heterocycles. The van der Waals surface area contributed by atoms with Gasteiger partial charge < -0.3 is 20.3 Å². The highest BCUT2D eigenvalue weighted by Gasteiger charge is 1.99. The van der Waals surface area contributed by atoms with Gasteiger partial charge >= 0.3 is 0 Å². The zero-order valence-corrected chi connectivity index (χ0v) is 7.62. The van der Waals surface area contributed by atoms with Gasteiger partial charge in [0.25, 0.3) is 0 Å². The molecule has 0 saturated heterocycles. The van der Waals surface area contributed by atoms with Crippen LogP contribution in [0.5, 0.6) is 0 Å². The third kappa shape index (κ3) is 7.94. The molecule has 0 spiro atoms. The molecule has 3 N–H and O–H groups in total. The fourth-order valence-corrected chi connectivity index (χ4v) is 0.718. The number of ether oxygens (including phenoxy) is 1. The maximum atomic E-state index is 8.87. The molecule has 0 radical (unpaired) electrons. The molecule has 4 heteroatoms. The van der Waals surface area contributed by atoms with Crippen LogP contribution in [0.1, 0.15) is 13.3 Å². The first-order chi connectivity index (χ1) is 5.81. The van der Waals surface area contributed by atoms with Gasteiger partial charge in [0.2, 0.25) is 0 Å². The molecule has 0 amide bonds. The quantitative estimate of drug-likeness (QED) is 0.431. The minimum Gasteiger partial charge on any atom is -0.394 e. The number of aliphatic hydroxyl groups is 2. The summed E-state index contributed by atoms with van der Waals surface area (Å²) in [7, 11) is 0. The van der Waals surface area contributed by atoms with Gasteiger partial charge in [-0.1, -0.05) is 6.92 Å². The summed E-state index contributed by atoms with van der Waals surface area (Å²) in [4.78, 5) is 0. The Kier molecular flexibility index (Phi) is 8.81. The topological polar surface area (TPSA) is 61.7 Å². The van der Waals surface area contributed by atoms with Crippen molar-refractivity contribution >= 4 is 0 Å². The number of hydrogen-bond donors (Lipinski definition) is 3. The number of hydrogen-bond acceptors (Lipinski definition) is 4. The molecule has 12 heavy (non-hydrogen) atoms. The van der Waals surface area contributed by atoms with Crippen LogP contribution in [0.4, 0.5) is 0 Å². The van der Waals surface area contributed by atoms with Gasteiger partial charge in [-0.05, 0) is 13.0 Å². The van der Waals surface area contributed by atoms with Gasteiger partial charge in [0.05, 0.1) is 19.8 Å². The molecule has 0 bridgehead atoms. The smallest absolute Gasteiger partial charge is 0.100 e. The summed E-state index contributed by atoms with van der Waals surface area (Å²) in [5.41, 5.74) is 0. The lowest BCUT2D eigenvalue weighted by Crippen LogP contribution is -2.24. The summed E-state index contributed by atoms with van der Waals surface area (Å²) in [5.74, 6) is 0. The van der Waals surface area contributed by atoms with Gasteiger partial charge in [0.15, 0.2) is 0 Å². The van der Waals surface area contributed by atoms with E-state index in [2.05, 4.69) is 12.2 Å². The Balaban J connectivity index is 2.90. The average molecular weight is 177 g/mol. The normalized spacial score (nSPS) is 13.2. The molecule has 0 rings (SSSR count). The van der Waals surface area contributed by atoms with Crippen molar-refractivity contribution in [3.8, 4) is 0 Å². The Bertz CT molecular complexity index is 90.4. The van der Waals surface area contributed by atoms with Crippen LogP contribution in [0.15, 0.2) is 0 Å². The van der Waals surface area contributed by atoms with Crippen molar-refractivity contribution in [1.29, 1.82) is 0 Å². The lowest BCUT2D eigenvalue weighted by Gasteiger charge is -2.08. The van der Waals surface area contributed by atoms with Gasteiger partial charge in [0, 0.05) is 6.54 Å². The standard InChI is InChI=1S/C8H19NO3/c1-2-3-9-4-5-12-7-8(11)6-10/h8-11H,2-7H2,1H3. The molecule has 0 aromatic heterocycles. The van der Waals surface area contributed by atoms with E-state index in [-0.39, 0.29) is 13.2 Å². The van der Waals surface area contributed by atoms with Crippen LogP contribution in [0.25, 0.3) is 0 Å². The Morgan fingerprint density at radius 1 is 1.42 bits per heavy atom. The van der Waals surface area contributed by atoms with E-state index in [0.717, 1.165) is 19.5 Å². The van der Waals surface area contributed by atoms with E-state index in [1.807, 2.05) is 0 Å². The highest BCUT2D eigenvalue weighted by Crippen LogP contribution is 1.82. The molecule has 1 atom stereocenters. The predicted molar refractivity (Wildman–Crippen MR) is 47.1 cm³/mol. The van der Waals surface area contributed by atoms with Crippen LogP contribution in [-0.2, 0) is 4.74 Å². The predicted octanol–water partition coefficient (Wildman–Crippen LogP) is -0.644. The van der Waals surface area contributed by atoms with Crippen molar-refractivity contribution in [2.24, 2.45) is 0 Å². The lowest BCUT2D eigenvalue weighted by molar-refractivity contribution is 0.00735. The molecule has 0 aromatic carbocycles. The molecule has 0 saturated carbocycles. The third-order valence-corrected chi connectivity index (χ3v) is 1.37. The van der Waals surface area contributed by atoms with Crippen molar-refractivity contribution in [3.63, 3.8) is 0 Å². The molecule has 74 valence electrons. The number of nitrogens with one attached hydrogen (secondary N) is 1. The molecule has 0 fully saturated rings. The summed E-state index contributed by atoms with van der Waals surface area (Å²) >= 11 is 0. The van der Waals surface area contributed by atoms with Gasteiger partial charge in [-0.3, -0.25) is 0 Å². The highest BCUT2D eigenvalue weighted by atomic mass is 16.5.